The van der Waals surface area contributed by atoms with E-state index >= 15 is 0 Å². The number of thioether (sulfide) groups is 1. The Labute approximate surface area is 154 Å². The highest BCUT2D eigenvalue weighted by Gasteiger charge is 2.29. The minimum atomic E-state index is -0.234. The van der Waals surface area contributed by atoms with E-state index in [9.17, 15) is 0 Å². The topological polar surface area (TPSA) is 47.6 Å². The third-order valence-electron chi connectivity index (χ3n) is 4.62. The highest BCUT2D eigenvalue weighted by atomic mass is 32.2. The standard InChI is InChI=1S/C21H26N2OS/c1-21(13-15-25-20(22)23-21)18-11-7-12-19(16-18)24-14-6-5-10-17-8-3-2-4-9-17/h2-4,7-9,11-12,16H,5-6,10,13-15H2,1H3,(H2,22,23). The molecular formula is C21H26N2OS. The van der Waals surface area contributed by atoms with Crippen LogP contribution >= 0.6 is 11.8 Å². The normalized spacial score (nSPS) is 20.1. The Kier molecular flexibility index (Phi) is 6.03. The Hall–Kier alpha value is -1.94. The van der Waals surface area contributed by atoms with Gasteiger partial charge < -0.3 is 10.5 Å². The van der Waals surface area contributed by atoms with Gasteiger partial charge in [-0.25, -0.2) is 0 Å². The lowest BCUT2D eigenvalue weighted by Gasteiger charge is -2.30. The van der Waals surface area contributed by atoms with Crippen molar-refractivity contribution < 1.29 is 4.74 Å². The van der Waals surface area contributed by atoms with Crippen molar-refractivity contribution in [1.82, 2.24) is 0 Å². The minimum absolute atomic E-state index is 0.234. The minimum Gasteiger partial charge on any atom is -0.494 e. The van der Waals surface area contributed by atoms with E-state index in [0.717, 1.165) is 43.8 Å². The Morgan fingerprint density at radius 2 is 1.96 bits per heavy atom. The first-order valence-corrected chi connectivity index (χ1v) is 9.90. The lowest BCUT2D eigenvalue weighted by Crippen LogP contribution is -2.28. The highest BCUT2D eigenvalue weighted by molar-refractivity contribution is 8.13. The van der Waals surface area contributed by atoms with Gasteiger partial charge in [-0.3, -0.25) is 4.99 Å². The van der Waals surface area contributed by atoms with Gasteiger partial charge in [-0.1, -0.05) is 54.2 Å². The average molecular weight is 355 g/mol. The molecule has 3 nitrogen and oxygen atoms in total. The zero-order valence-corrected chi connectivity index (χ0v) is 15.6. The number of aliphatic imine (C=N–C) groups is 1. The molecule has 0 fully saturated rings. The van der Waals surface area contributed by atoms with Crippen LogP contribution < -0.4 is 10.5 Å². The number of rotatable bonds is 7. The lowest BCUT2D eigenvalue weighted by atomic mass is 9.90. The van der Waals surface area contributed by atoms with Gasteiger partial charge in [0.1, 0.15) is 5.75 Å². The van der Waals surface area contributed by atoms with Crippen molar-refractivity contribution >= 4 is 16.9 Å². The fourth-order valence-electron chi connectivity index (χ4n) is 3.08. The summed E-state index contributed by atoms with van der Waals surface area (Å²) in [4.78, 5) is 4.67. The molecule has 132 valence electrons. The summed E-state index contributed by atoms with van der Waals surface area (Å²) in [7, 11) is 0. The number of unbranched alkanes of at least 4 members (excludes halogenated alkanes) is 1. The van der Waals surface area contributed by atoms with Gasteiger partial charge in [0.2, 0.25) is 0 Å². The second-order valence-corrected chi connectivity index (χ2v) is 7.76. The van der Waals surface area contributed by atoms with Crippen LogP contribution in [0.3, 0.4) is 0 Å². The molecule has 2 N–H and O–H groups in total. The molecule has 4 heteroatoms. The third-order valence-corrected chi connectivity index (χ3v) is 5.42. The number of aryl methyl sites for hydroxylation is 1. The number of nitrogens with zero attached hydrogens (tertiary/aromatic N) is 1. The number of nitrogens with two attached hydrogens (primary N) is 1. The largest absolute Gasteiger partial charge is 0.494 e. The molecule has 0 saturated carbocycles. The SMILES string of the molecule is CC1(c2cccc(OCCCCc3ccccc3)c2)CCSC(N)=N1. The number of benzene rings is 2. The molecule has 0 aliphatic carbocycles. The smallest absolute Gasteiger partial charge is 0.154 e. The van der Waals surface area contributed by atoms with E-state index in [2.05, 4.69) is 54.4 Å². The molecule has 1 heterocycles. The summed E-state index contributed by atoms with van der Waals surface area (Å²) < 4.78 is 5.96. The zero-order valence-electron chi connectivity index (χ0n) is 14.8. The van der Waals surface area contributed by atoms with Gasteiger partial charge in [0.05, 0.1) is 12.1 Å². The second-order valence-electron chi connectivity index (χ2n) is 6.64. The lowest BCUT2D eigenvalue weighted by molar-refractivity contribution is 0.305. The Morgan fingerprint density at radius 3 is 2.76 bits per heavy atom. The van der Waals surface area contributed by atoms with Crippen LogP contribution in [0.4, 0.5) is 0 Å². The summed E-state index contributed by atoms with van der Waals surface area (Å²) in [5.74, 6) is 1.93. The van der Waals surface area contributed by atoms with Gasteiger partial charge in [0, 0.05) is 5.75 Å². The van der Waals surface area contributed by atoms with Gasteiger partial charge in [0.25, 0.3) is 0 Å². The molecule has 1 aliphatic rings. The summed E-state index contributed by atoms with van der Waals surface area (Å²) in [6, 6.07) is 18.9. The van der Waals surface area contributed by atoms with E-state index in [1.165, 1.54) is 11.1 Å². The Balaban J connectivity index is 1.51. The monoisotopic (exact) mass is 354 g/mol. The first kappa shape index (κ1) is 17.9. The fraction of sp³-hybridized carbons (Fsp3) is 0.381. The van der Waals surface area contributed by atoms with Crippen molar-refractivity contribution in [3.05, 3.63) is 65.7 Å². The van der Waals surface area contributed by atoms with Crippen LogP contribution in [0.25, 0.3) is 0 Å². The molecule has 1 unspecified atom stereocenters. The maximum atomic E-state index is 5.96. The van der Waals surface area contributed by atoms with E-state index in [4.69, 9.17) is 10.5 Å². The number of hydrogen-bond donors (Lipinski definition) is 1. The summed E-state index contributed by atoms with van der Waals surface area (Å²) in [6.45, 7) is 2.90. The quantitative estimate of drug-likeness (QED) is 0.730. The highest BCUT2D eigenvalue weighted by Crippen LogP contribution is 2.36. The van der Waals surface area contributed by atoms with Gasteiger partial charge in [-0.15, -0.1) is 0 Å². The molecular weight excluding hydrogens is 328 g/mol. The predicted octanol–water partition coefficient (Wildman–Crippen LogP) is 4.76. The number of hydrogen-bond acceptors (Lipinski definition) is 4. The predicted molar refractivity (Wildman–Crippen MR) is 107 cm³/mol. The van der Waals surface area contributed by atoms with E-state index in [-0.39, 0.29) is 5.54 Å². The van der Waals surface area contributed by atoms with Crippen LogP contribution in [0.1, 0.15) is 37.3 Å². The van der Waals surface area contributed by atoms with E-state index in [1.54, 1.807) is 11.8 Å². The molecule has 0 bridgehead atoms. The van der Waals surface area contributed by atoms with Gasteiger partial charge in [0.15, 0.2) is 5.17 Å². The van der Waals surface area contributed by atoms with Crippen LogP contribution in [0, 0.1) is 0 Å². The number of amidine groups is 1. The molecule has 0 spiro atoms. The van der Waals surface area contributed by atoms with Gasteiger partial charge >= 0.3 is 0 Å². The molecule has 3 rings (SSSR count). The molecule has 25 heavy (non-hydrogen) atoms. The van der Waals surface area contributed by atoms with Crippen LogP contribution in [0.2, 0.25) is 0 Å². The van der Waals surface area contributed by atoms with Gasteiger partial charge in [-0.2, -0.15) is 0 Å². The van der Waals surface area contributed by atoms with Crippen molar-refractivity contribution in [3.63, 3.8) is 0 Å². The van der Waals surface area contributed by atoms with Crippen LogP contribution in [0.15, 0.2) is 59.6 Å². The molecule has 2 aromatic carbocycles. The summed E-state index contributed by atoms with van der Waals surface area (Å²) >= 11 is 1.63. The average Bonchev–Trinajstić information content (AvgIpc) is 2.62. The number of ether oxygens (including phenoxy) is 1. The van der Waals surface area contributed by atoms with Gasteiger partial charge in [-0.05, 0) is 55.9 Å². The summed E-state index contributed by atoms with van der Waals surface area (Å²) in [5, 5.41) is 0.681. The van der Waals surface area contributed by atoms with Crippen molar-refractivity contribution in [2.45, 2.75) is 38.1 Å². The third kappa shape index (κ3) is 5.02. The molecule has 0 amide bonds. The first-order chi connectivity index (χ1) is 12.2. The van der Waals surface area contributed by atoms with Crippen LogP contribution in [0.5, 0.6) is 5.75 Å². The van der Waals surface area contributed by atoms with Crippen molar-refractivity contribution in [2.75, 3.05) is 12.4 Å². The van der Waals surface area contributed by atoms with Crippen molar-refractivity contribution in [1.29, 1.82) is 0 Å². The van der Waals surface area contributed by atoms with E-state index in [1.807, 2.05) is 12.1 Å². The molecule has 1 atom stereocenters. The maximum absolute atomic E-state index is 5.96. The van der Waals surface area contributed by atoms with Crippen LogP contribution in [-0.2, 0) is 12.0 Å². The molecule has 0 saturated heterocycles. The summed E-state index contributed by atoms with van der Waals surface area (Å²) in [6.07, 6.45) is 4.30. The zero-order chi connectivity index (χ0) is 17.5. The molecule has 0 radical (unpaired) electrons. The van der Waals surface area contributed by atoms with Crippen LogP contribution in [-0.4, -0.2) is 17.5 Å². The van der Waals surface area contributed by atoms with Crippen molar-refractivity contribution in [3.8, 4) is 5.75 Å². The fourth-order valence-corrected chi connectivity index (χ4v) is 4.06. The Bertz CT molecular complexity index is 717. The van der Waals surface area contributed by atoms with E-state index < -0.39 is 0 Å². The maximum Gasteiger partial charge on any atom is 0.154 e. The first-order valence-electron chi connectivity index (χ1n) is 8.91. The molecule has 0 aromatic heterocycles. The molecule has 2 aromatic rings. The molecule has 1 aliphatic heterocycles. The summed E-state index contributed by atoms with van der Waals surface area (Å²) in [5.41, 5.74) is 8.26. The Morgan fingerprint density at radius 1 is 1.12 bits per heavy atom. The second kappa shape index (κ2) is 8.43. The van der Waals surface area contributed by atoms with Crippen molar-refractivity contribution in [2.24, 2.45) is 10.7 Å². The van der Waals surface area contributed by atoms with E-state index in [0.29, 0.717) is 5.17 Å².